The zero-order chi connectivity index (χ0) is 23.4. The predicted molar refractivity (Wildman–Crippen MR) is 137 cm³/mol. The van der Waals surface area contributed by atoms with Crippen LogP contribution in [0.15, 0.2) is 24.8 Å². The van der Waals surface area contributed by atoms with Crippen LogP contribution in [0.2, 0.25) is 0 Å². The standard InChI is InChI=1S/C28H46O.C3H6/c1-6-14-28-15-7-8-21(28)19-9-10-23-26(4,20(19)11-18-28)16-12-22-25(2,3)24(29)13-17-27(22,23)5;1-3-2/h6,14,19-24,29H,7-13,15-18H2,1-5H3;3H,1H2,2H3/b14-6+;/t19?,20?,21?,22?,23?,24?,26-,27?,28?;/m0./s1. The van der Waals surface area contributed by atoms with Crippen LogP contribution < -0.4 is 0 Å². The largest absolute Gasteiger partial charge is 0.393 e. The van der Waals surface area contributed by atoms with Gasteiger partial charge >= 0.3 is 0 Å². The molecule has 5 aliphatic rings. The van der Waals surface area contributed by atoms with E-state index in [1.807, 2.05) is 6.92 Å². The summed E-state index contributed by atoms with van der Waals surface area (Å²) in [5.74, 6) is 4.47. The highest BCUT2D eigenvalue weighted by atomic mass is 16.3. The highest BCUT2D eigenvalue weighted by Gasteiger charge is 2.65. The Labute approximate surface area is 199 Å². The van der Waals surface area contributed by atoms with E-state index in [9.17, 15) is 5.11 Å². The number of aliphatic hydroxyl groups is 1. The first-order valence-electron chi connectivity index (χ1n) is 14.0. The summed E-state index contributed by atoms with van der Waals surface area (Å²) in [6.45, 7) is 17.6. The summed E-state index contributed by atoms with van der Waals surface area (Å²) in [7, 11) is 0. The maximum atomic E-state index is 10.8. The molecule has 32 heavy (non-hydrogen) atoms. The highest BCUT2D eigenvalue weighted by molar-refractivity contribution is 5.17. The molecule has 0 spiro atoms. The van der Waals surface area contributed by atoms with Gasteiger partial charge in [-0.15, -0.1) is 6.58 Å². The SMILES string of the molecule is C/C=C/C12CCCC1C1CCC3C4(C)CCC(O)C(C)(C)C4CC[C@@]3(C)C1CC2.C=CC. The van der Waals surface area contributed by atoms with Gasteiger partial charge in [-0.2, -0.15) is 0 Å². The van der Waals surface area contributed by atoms with Crippen LogP contribution in [-0.2, 0) is 0 Å². The van der Waals surface area contributed by atoms with Crippen molar-refractivity contribution in [2.24, 2.45) is 51.2 Å². The molecule has 0 aromatic rings. The Kier molecular flexibility index (Phi) is 6.59. The maximum absolute atomic E-state index is 10.8. The van der Waals surface area contributed by atoms with Gasteiger partial charge in [0.1, 0.15) is 0 Å². The molecule has 0 saturated heterocycles. The molecule has 0 bridgehead atoms. The molecular formula is C31H52O. The van der Waals surface area contributed by atoms with Gasteiger partial charge in [0.2, 0.25) is 0 Å². The van der Waals surface area contributed by atoms with Crippen molar-refractivity contribution >= 4 is 0 Å². The Morgan fingerprint density at radius 1 is 0.750 bits per heavy atom. The van der Waals surface area contributed by atoms with E-state index in [0.29, 0.717) is 22.2 Å². The lowest BCUT2D eigenvalue weighted by Crippen LogP contribution is -2.63. The van der Waals surface area contributed by atoms with Crippen molar-refractivity contribution in [2.75, 3.05) is 0 Å². The minimum Gasteiger partial charge on any atom is -0.393 e. The molecule has 5 fully saturated rings. The first-order valence-corrected chi connectivity index (χ1v) is 14.0. The molecule has 9 atom stereocenters. The van der Waals surface area contributed by atoms with Gasteiger partial charge in [0.05, 0.1) is 6.10 Å². The third-order valence-corrected chi connectivity index (χ3v) is 12.1. The molecular weight excluding hydrogens is 388 g/mol. The van der Waals surface area contributed by atoms with E-state index >= 15 is 0 Å². The summed E-state index contributed by atoms with van der Waals surface area (Å²) >= 11 is 0. The predicted octanol–water partition coefficient (Wildman–Crippen LogP) is 8.58. The van der Waals surface area contributed by atoms with Crippen molar-refractivity contribution in [2.45, 2.75) is 118 Å². The first-order chi connectivity index (χ1) is 15.1. The van der Waals surface area contributed by atoms with E-state index < -0.39 is 0 Å². The lowest BCUT2D eigenvalue weighted by Gasteiger charge is -2.69. The van der Waals surface area contributed by atoms with Gasteiger partial charge in [-0.3, -0.25) is 0 Å². The third-order valence-electron chi connectivity index (χ3n) is 12.1. The molecule has 5 rings (SSSR count). The number of hydrogen-bond donors (Lipinski definition) is 1. The van der Waals surface area contributed by atoms with Gasteiger partial charge in [0.25, 0.3) is 0 Å². The number of hydrogen-bond acceptors (Lipinski definition) is 1. The van der Waals surface area contributed by atoms with Crippen LogP contribution in [0.3, 0.4) is 0 Å². The summed E-state index contributed by atoms with van der Waals surface area (Å²) in [5.41, 5.74) is 1.62. The molecule has 0 amide bonds. The van der Waals surface area contributed by atoms with Gasteiger partial charge < -0.3 is 5.11 Å². The van der Waals surface area contributed by atoms with E-state index in [2.05, 4.69) is 53.3 Å². The molecule has 1 heteroatoms. The topological polar surface area (TPSA) is 20.2 Å². The van der Waals surface area contributed by atoms with Crippen LogP contribution in [0.1, 0.15) is 112 Å². The smallest absolute Gasteiger partial charge is 0.0594 e. The van der Waals surface area contributed by atoms with E-state index in [1.165, 1.54) is 64.2 Å². The minimum atomic E-state index is -0.101. The second-order valence-corrected chi connectivity index (χ2v) is 13.6. The highest BCUT2D eigenvalue weighted by Crippen LogP contribution is 2.73. The molecule has 0 aromatic carbocycles. The second kappa shape index (κ2) is 8.58. The lowest BCUT2D eigenvalue weighted by molar-refractivity contribution is -0.212. The minimum absolute atomic E-state index is 0.0876. The Morgan fingerprint density at radius 3 is 2.12 bits per heavy atom. The van der Waals surface area contributed by atoms with Crippen LogP contribution >= 0.6 is 0 Å². The zero-order valence-corrected chi connectivity index (χ0v) is 22.1. The fraction of sp³-hybridized carbons (Fsp3) is 0.871. The molecule has 0 aliphatic heterocycles. The fourth-order valence-corrected chi connectivity index (χ4v) is 10.9. The number of fused-ring (bicyclic) bond motifs is 7. The van der Waals surface area contributed by atoms with Gasteiger partial charge in [0, 0.05) is 0 Å². The summed E-state index contributed by atoms with van der Waals surface area (Å²) in [4.78, 5) is 0. The molecule has 1 nitrogen and oxygen atoms in total. The van der Waals surface area contributed by atoms with E-state index in [1.54, 1.807) is 6.08 Å². The Morgan fingerprint density at radius 2 is 1.44 bits per heavy atom. The third kappa shape index (κ3) is 3.42. The molecule has 8 unspecified atom stereocenters. The van der Waals surface area contributed by atoms with Crippen LogP contribution in [0.25, 0.3) is 0 Å². The van der Waals surface area contributed by atoms with Crippen molar-refractivity contribution in [1.82, 2.24) is 0 Å². The molecule has 0 radical (unpaired) electrons. The van der Waals surface area contributed by atoms with Crippen molar-refractivity contribution in [3.63, 3.8) is 0 Å². The molecule has 1 N–H and O–H groups in total. The van der Waals surface area contributed by atoms with Crippen molar-refractivity contribution < 1.29 is 5.11 Å². The summed E-state index contributed by atoms with van der Waals surface area (Å²) in [6.07, 6.45) is 22.0. The molecule has 0 aromatic heterocycles. The van der Waals surface area contributed by atoms with E-state index in [4.69, 9.17) is 0 Å². The lowest BCUT2D eigenvalue weighted by atomic mass is 9.36. The van der Waals surface area contributed by atoms with E-state index in [-0.39, 0.29) is 11.5 Å². The van der Waals surface area contributed by atoms with Crippen molar-refractivity contribution in [3.8, 4) is 0 Å². The van der Waals surface area contributed by atoms with Crippen LogP contribution in [0.4, 0.5) is 0 Å². The summed E-state index contributed by atoms with van der Waals surface area (Å²) < 4.78 is 0. The molecule has 5 saturated carbocycles. The first kappa shape index (κ1) is 24.6. The number of aliphatic hydroxyl groups excluding tert-OH is 1. The average Bonchev–Trinajstić information content (AvgIpc) is 3.16. The average molecular weight is 441 g/mol. The number of rotatable bonds is 1. The van der Waals surface area contributed by atoms with Crippen LogP contribution in [0.5, 0.6) is 0 Å². The monoisotopic (exact) mass is 440 g/mol. The van der Waals surface area contributed by atoms with Crippen molar-refractivity contribution in [3.05, 3.63) is 24.8 Å². The quantitative estimate of drug-likeness (QED) is 0.405. The van der Waals surface area contributed by atoms with E-state index in [0.717, 1.165) is 30.1 Å². The molecule has 5 aliphatic carbocycles. The number of allylic oxidation sites excluding steroid dienone is 3. The maximum Gasteiger partial charge on any atom is 0.0594 e. The Balaban J connectivity index is 0.000000775. The summed E-state index contributed by atoms with van der Waals surface area (Å²) in [5, 5.41) is 10.8. The van der Waals surface area contributed by atoms with Gasteiger partial charge in [-0.25, -0.2) is 0 Å². The van der Waals surface area contributed by atoms with Crippen molar-refractivity contribution in [1.29, 1.82) is 0 Å². The zero-order valence-electron chi connectivity index (χ0n) is 22.1. The van der Waals surface area contributed by atoms with Gasteiger partial charge in [-0.1, -0.05) is 52.3 Å². The van der Waals surface area contributed by atoms with Crippen LogP contribution in [0, 0.1) is 51.2 Å². The second-order valence-electron chi connectivity index (χ2n) is 13.6. The van der Waals surface area contributed by atoms with Gasteiger partial charge in [0.15, 0.2) is 0 Å². The molecule has 0 heterocycles. The molecule has 182 valence electrons. The Bertz CT molecular complexity index is 720. The Hall–Kier alpha value is -0.560. The fourth-order valence-electron chi connectivity index (χ4n) is 10.9. The summed E-state index contributed by atoms with van der Waals surface area (Å²) in [6, 6.07) is 0. The van der Waals surface area contributed by atoms with Crippen LogP contribution in [-0.4, -0.2) is 11.2 Å². The normalized spacial score (nSPS) is 51.5. The van der Waals surface area contributed by atoms with Gasteiger partial charge in [-0.05, 0) is 129 Å².